The summed E-state index contributed by atoms with van der Waals surface area (Å²) in [6.45, 7) is 1.46. The number of imide groups is 2. The maximum Gasteiger partial charge on any atom is 0.327 e. The van der Waals surface area contributed by atoms with Crippen LogP contribution in [0, 0.1) is 11.8 Å². The van der Waals surface area contributed by atoms with Gasteiger partial charge in [-0.25, -0.2) is 4.79 Å². The van der Waals surface area contributed by atoms with E-state index < -0.39 is 30.6 Å². The second-order valence-electron chi connectivity index (χ2n) is 7.39. The van der Waals surface area contributed by atoms with Crippen molar-refractivity contribution >= 4 is 29.7 Å². The number of amides is 5. The molecule has 2 fully saturated rings. The van der Waals surface area contributed by atoms with Crippen molar-refractivity contribution < 1.29 is 28.7 Å². The fraction of sp³-hybridized carbons (Fsp3) is 0.476. The monoisotopic (exact) mass is 415 g/mol. The molecule has 9 heteroatoms. The van der Waals surface area contributed by atoms with Crippen molar-refractivity contribution in [2.45, 2.75) is 38.7 Å². The maximum atomic E-state index is 12.6. The fourth-order valence-corrected chi connectivity index (χ4v) is 3.97. The normalized spacial score (nSPS) is 21.6. The van der Waals surface area contributed by atoms with Crippen molar-refractivity contribution in [2.75, 3.05) is 13.1 Å². The Kier molecular flexibility index (Phi) is 6.81. The molecule has 1 saturated heterocycles. The highest BCUT2D eigenvalue weighted by atomic mass is 16.5. The quantitative estimate of drug-likeness (QED) is 0.533. The van der Waals surface area contributed by atoms with Gasteiger partial charge in [0, 0.05) is 12.1 Å². The molecular formula is C21H25N3O6. The van der Waals surface area contributed by atoms with E-state index in [1.54, 1.807) is 37.3 Å². The van der Waals surface area contributed by atoms with E-state index in [9.17, 15) is 24.0 Å². The Labute approximate surface area is 174 Å². The molecule has 1 aliphatic carbocycles. The zero-order chi connectivity index (χ0) is 21.7. The molecule has 0 bridgehead atoms. The molecule has 3 rings (SSSR count). The van der Waals surface area contributed by atoms with Crippen molar-refractivity contribution in [2.24, 2.45) is 11.8 Å². The molecule has 3 atom stereocenters. The number of hydrogen-bond acceptors (Lipinski definition) is 6. The van der Waals surface area contributed by atoms with Crippen molar-refractivity contribution in [1.82, 2.24) is 15.5 Å². The summed E-state index contributed by atoms with van der Waals surface area (Å²) in [7, 11) is 0. The van der Waals surface area contributed by atoms with E-state index in [2.05, 4.69) is 10.6 Å². The number of ether oxygens (including phenoxy) is 1. The molecule has 2 aliphatic rings. The first-order valence-corrected chi connectivity index (χ1v) is 10.1. The van der Waals surface area contributed by atoms with Crippen molar-refractivity contribution in [3.63, 3.8) is 0 Å². The van der Waals surface area contributed by atoms with E-state index in [0.29, 0.717) is 24.9 Å². The molecule has 9 nitrogen and oxygen atoms in total. The van der Waals surface area contributed by atoms with Crippen LogP contribution in [0.1, 0.15) is 44.3 Å². The highest BCUT2D eigenvalue weighted by molar-refractivity contribution is 6.07. The molecule has 1 heterocycles. The third kappa shape index (κ3) is 4.67. The van der Waals surface area contributed by atoms with Gasteiger partial charge in [-0.15, -0.1) is 0 Å². The third-order valence-corrected chi connectivity index (χ3v) is 5.38. The van der Waals surface area contributed by atoms with Gasteiger partial charge >= 0.3 is 12.0 Å². The lowest BCUT2D eigenvalue weighted by molar-refractivity contribution is -0.160. The minimum atomic E-state index is -1.39. The molecule has 0 radical (unpaired) electrons. The van der Waals surface area contributed by atoms with Crippen LogP contribution in [-0.2, 0) is 23.9 Å². The van der Waals surface area contributed by atoms with Crippen LogP contribution in [0.4, 0.5) is 4.79 Å². The Morgan fingerprint density at radius 1 is 1.07 bits per heavy atom. The number of benzene rings is 1. The Morgan fingerprint density at radius 2 is 1.67 bits per heavy atom. The summed E-state index contributed by atoms with van der Waals surface area (Å²) < 4.78 is 5.31. The van der Waals surface area contributed by atoms with E-state index in [1.165, 1.54) is 0 Å². The van der Waals surface area contributed by atoms with Gasteiger partial charge in [0.15, 0.2) is 0 Å². The van der Waals surface area contributed by atoms with Gasteiger partial charge in [0.1, 0.15) is 6.54 Å². The molecule has 160 valence electrons. The number of nitrogens with one attached hydrogen (secondary N) is 2. The molecular weight excluding hydrogens is 390 g/mol. The van der Waals surface area contributed by atoms with Gasteiger partial charge in [-0.3, -0.25) is 29.4 Å². The van der Waals surface area contributed by atoms with Gasteiger partial charge in [-0.1, -0.05) is 43.2 Å². The summed E-state index contributed by atoms with van der Waals surface area (Å²) in [5.74, 6) is -3.17. The molecule has 5 amide bonds. The number of fused-ring (bicyclic) bond motifs is 1. The summed E-state index contributed by atoms with van der Waals surface area (Å²) in [6, 6.07) is 7.49. The summed E-state index contributed by atoms with van der Waals surface area (Å²) in [4.78, 5) is 62.8. The van der Waals surface area contributed by atoms with Crippen LogP contribution < -0.4 is 10.6 Å². The van der Waals surface area contributed by atoms with Gasteiger partial charge < -0.3 is 10.1 Å². The van der Waals surface area contributed by atoms with Gasteiger partial charge in [0.25, 0.3) is 5.91 Å². The molecule has 1 saturated carbocycles. The number of nitrogens with zero attached hydrogens (tertiary/aromatic N) is 1. The molecule has 1 aliphatic heterocycles. The van der Waals surface area contributed by atoms with E-state index in [0.717, 1.165) is 17.7 Å². The first-order valence-electron chi connectivity index (χ1n) is 10.1. The second-order valence-corrected chi connectivity index (χ2v) is 7.39. The highest BCUT2D eigenvalue weighted by Gasteiger charge is 2.48. The maximum absolute atomic E-state index is 12.6. The number of esters is 1. The Hall–Kier alpha value is -3.23. The predicted molar refractivity (Wildman–Crippen MR) is 105 cm³/mol. The van der Waals surface area contributed by atoms with Gasteiger partial charge in [0.05, 0.1) is 11.8 Å². The van der Waals surface area contributed by atoms with Crippen LogP contribution in [0.5, 0.6) is 0 Å². The lowest BCUT2D eigenvalue weighted by Gasteiger charge is -2.20. The van der Waals surface area contributed by atoms with Crippen LogP contribution in [-0.4, -0.2) is 47.7 Å². The fourth-order valence-electron chi connectivity index (χ4n) is 3.97. The van der Waals surface area contributed by atoms with E-state index in [-0.39, 0.29) is 23.7 Å². The molecule has 1 aromatic carbocycles. The van der Waals surface area contributed by atoms with Crippen LogP contribution in [0.3, 0.4) is 0 Å². The summed E-state index contributed by atoms with van der Waals surface area (Å²) in [6.07, 6.45) is 1.66. The number of likely N-dealkylation sites (tertiary alicyclic amines) is 1. The zero-order valence-corrected chi connectivity index (χ0v) is 16.8. The van der Waals surface area contributed by atoms with Gasteiger partial charge in [0.2, 0.25) is 17.9 Å². The Bertz CT molecular complexity index is 816. The average Bonchev–Trinajstić information content (AvgIpc) is 2.98. The highest BCUT2D eigenvalue weighted by Crippen LogP contribution is 2.38. The van der Waals surface area contributed by atoms with Crippen LogP contribution in [0.2, 0.25) is 0 Å². The molecule has 2 N–H and O–H groups in total. The van der Waals surface area contributed by atoms with Crippen LogP contribution in [0.15, 0.2) is 30.3 Å². The van der Waals surface area contributed by atoms with Crippen LogP contribution >= 0.6 is 0 Å². The number of carbonyl (C=O) groups excluding carboxylic acids is 5. The Morgan fingerprint density at radius 3 is 2.23 bits per heavy atom. The minimum Gasteiger partial charge on any atom is -0.446 e. The molecule has 30 heavy (non-hydrogen) atoms. The molecule has 0 spiro atoms. The van der Waals surface area contributed by atoms with Crippen molar-refractivity contribution in [1.29, 1.82) is 0 Å². The van der Waals surface area contributed by atoms with Crippen molar-refractivity contribution in [3.05, 3.63) is 35.9 Å². The molecule has 0 aromatic heterocycles. The predicted octanol–water partition coefficient (Wildman–Crippen LogP) is 1.29. The summed E-state index contributed by atoms with van der Waals surface area (Å²) in [5, 5.41) is 4.55. The number of urea groups is 1. The van der Waals surface area contributed by atoms with Gasteiger partial charge in [-0.05, 0) is 19.8 Å². The van der Waals surface area contributed by atoms with Crippen molar-refractivity contribution in [3.8, 4) is 0 Å². The molecule has 0 unspecified atom stereocenters. The van der Waals surface area contributed by atoms with E-state index in [1.807, 2.05) is 0 Å². The topological polar surface area (TPSA) is 122 Å². The Balaban J connectivity index is 1.70. The zero-order valence-electron chi connectivity index (χ0n) is 16.8. The van der Waals surface area contributed by atoms with E-state index >= 15 is 0 Å². The summed E-state index contributed by atoms with van der Waals surface area (Å²) >= 11 is 0. The SMILES string of the molecule is CCNC(=O)NC(=O)[C@H](OC(=O)CN1C(=O)[C@H]2CCCC[C@@H]2C1=O)c1ccccc1. The van der Waals surface area contributed by atoms with E-state index in [4.69, 9.17) is 4.74 Å². The largest absolute Gasteiger partial charge is 0.446 e. The number of hydrogen-bond donors (Lipinski definition) is 2. The first-order chi connectivity index (χ1) is 14.4. The second kappa shape index (κ2) is 9.51. The smallest absolute Gasteiger partial charge is 0.327 e. The average molecular weight is 415 g/mol. The lowest BCUT2D eigenvalue weighted by Crippen LogP contribution is -2.43. The third-order valence-electron chi connectivity index (χ3n) is 5.38. The number of rotatable bonds is 6. The number of carbonyl (C=O) groups is 5. The van der Waals surface area contributed by atoms with Gasteiger partial charge in [-0.2, -0.15) is 0 Å². The minimum absolute atomic E-state index is 0.316. The van der Waals surface area contributed by atoms with Crippen LogP contribution in [0.25, 0.3) is 0 Å². The first kappa shape index (κ1) is 21.5. The lowest BCUT2D eigenvalue weighted by atomic mass is 9.81. The standard InChI is InChI=1S/C21H25N3O6/c1-2-22-21(29)23-18(26)17(13-8-4-3-5-9-13)30-16(25)12-24-19(27)14-10-6-7-11-15(14)20(24)28/h3-5,8-9,14-15,17H,2,6-7,10-12H2,1H3,(H2,22,23,26,29)/t14-,15-,17+/m0/s1. The molecule has 1 aromatic rings. The summed E-state index contributed by atoms with van der Waals surface area (Å²) in [5.41, 5.74) is 0.361.